The van der Waals surface area contributed by atoms with E-state index in [2.05, 4.69) is 15.9 Å². The van der Waals surface area contributed by atoms with Gasteiger partial charge < -0.3 is 9.45 Å². The van der Waals surface area contributed by atoms with E-state index in [1.54, 1.807) is 25.2 Å². The van der Waals surface area contributed by atoms with Crippen LogP contribution in [0.4, 0.5) is 5.69 Å². The molecule has 1 fully saturated rings. The maximum Gasteiger partial charge on any atom is 0.267 e. The third-order valence-electron chi connectivity index (χ3n) is 3.75. The molecule has 0 bridgehead atoms. The highest BCUT2D eigenvalue weighted by Crippen LogP contribution is 2.44. The van der Waals surface area contributed by atoms with Crippen molar-refractivity contribution in [1.29, 1.82) is 0 Å². The molecule has 2 amide bonds. The summed E-state index contributed by atoms with van der Waals surface area (Å²) in [7, 11) is -2.87. The Morgan fingerprint density at radius 3 is 2.60 bits per heavy atom. The first-order valence-corrected chi connectivity index (χ1v) is 10.5. The van der Waals surface area contributed by atoms with Crippen molar-refractivity contribution in [3.05, 3.63) is 33.1 Å². The number of halogens is 1. The Labute approximate surface area is 161 Å². The van der Waals surface area contributed by atoms with Crippen LogP contribution in [0.1, 0.15) is 5.56 Å². The van der Waals surface area contributed by atoms with Crippen LogP contribution in [0.25, 0.3) is 5.57 Å². The molecule has 1 saturated heterocycles. The highest BCUT2D eigenvalue weighted by Gasteiger charge is 2.41. The second-order valence-corrected chi connectivity index (χ2v) is 9.40. The van der Waals surface area contributed by atoms with Gasteiger partial charge in [0.15, 0.2) is 0 Å². The zero-order chi connectivity index (χ0) is 18.5. The van der Waals surface area contributed by atoms with Gasteiger partial charge >= 0.3 is 0 Å². The van der Waals surface area contributed by atoms with Gasteiger partial charge in [0.2, 0.25) is 0 Å². The highest BCUT2D eigenvalue weighted by molar-refractivity contribution is 9.10. The Morgan fingerprint density at radius 2 is 1.96 bits per heavy atom. The second kappa shape index (κ2) is 6.47. The number of hydrogen-bond acceptors (Lipinski definition) is 7. The first kappa shape index (κ1) is 18.5. The molecule has 2 aliphatic heterocycles. The van der Waals surface area contributed by atoms with Gasteiger partial charge in [-0.2, -0.15) is 0 Å². The zero-order valence-corrected chi connectivity index (χ0v) is 16.7. The highest BCUT2D eigenvalue weighted by atomic mass is 79.9. The van der Waals surface area contributed by atoms with Crippen molar-refractivity contribution in [2.45, 2.75) is 0 Å². The van der Waals surface area contributed by atoms with Gasteiger partial charge in [0, 0.05) is 23.6 Å². The predicted molar refractivity (Wildman–Crippen MR) is 101 cm³/mol. The average Bonchev–Trinajstić information content (AvgIpc) is 2.91. The minimum Gasteiger partial charge on any atom is -0.748 e. The number of hydrogen-bond donors (Lipinski definition) is 0. The lowest BCUT2D eigenvalue weighted by atomic mass is 10.1. The van der Waals surface area contributed by atoms with Gasteiger partial charge in [-0.15, -0.1) is 0 Å². The molecule has 25 heavy (non-hydrogen) atoms. The quantitative estimate of drug-likeness (QED) is 0.382. The Bertz CT molecular complexity index is 957. The molecule has 0 aliphatic carbocycles. The van der Waals surface area contributed by atoms with E-state index < -0.39 is 21.8 Å². The fourth-order valence-electron chi connectivity index (χ4n) is 2.56. The van der Waals surface area contributed by atoms with Gasteiger partial charge in [-0.1, -0.05) is 39.9 Å². The summed E-state index contributed by atoms with van der Waals surface area (Å²) in [5.41, 5.74) is 1.48. The van der Waals surface area contributed by atoms with Crippen molar-refractivity contribution in [2.75, 3.05) is 24.2 Å². The van der Waals surface area contributed by atoms with E-state index in [0.29, 0.717) is 11.3 Å². The standard InChI is InChI=1S/C14H11BrN2O5S3/c1-16-9-3-2-7(15)6-8(9)10(12(16)18)11-13(19)17(14(23)24-11)4-5-25(20,21)22/h2-3,6H,4-5H2,1H3,(H,20,21,22)/p-1/b11-10+. The van der Waals surface area contributed by atoms with Gasteiger partial charge in [-0.25, -0.2) is 8.42 Å². The molecule has 1 aromatic rings. The Balaban J connectivity index is 2.04. The smallest absolute Gasteiger partial charge is 0.267 e. The Kier molecular flexibility index (Phi) is 4.79. The molecule has 1 aromatic carbocycles. The molecule has 2 aliphatic rings. The van der Waals surface area contributed by atoms with Gasteiger partial charge in [-0.3, -0.25) is 14.5 Å². The SMILES string of the molecule is CN1C(=O)/C(=C2/SC(=S)N(CCS(=O)(=O)[O-])C2=O)c2cc(Br)ccc21. The number of amides is 2. The fourth-order valence-corrected chi connectivity index (χ4v) is 4.71. The van der Waals surface area contributed by atoms with Crippen LogP contribution in [0, 0.1) is 0 Å². The summed E-state index contributed by atoms with van der Waals surface area (Å²) in [6, 6.07) is 5.28. The Morgan fingerprint density at radius 1 is 1.28 bits per heavy atom. The van der Waals surface area contributed by atoms with Crippen LogP contribution in [0.2, 0.25) is 0 Å². The van der Waals surface area contributed by atoms with Crippen molar-refractivity contribution in [1.82, 2.24) is 4.90 Å². The summed E-state index contributed by atoms with van der Waals surface area (Å²) < 4.78 is 33.3. The lowest BCUT2D eigenvalue weighted by Gasteiger charge is -2.15. The number of thioether (sulfide) groups is 1. The number of nitrogens with zero attached hydrogens (tertiary/aromatic N) is 2. The van der Waals surface area contributed by atoms with E-state index in [1.165, 1.54) is 4.90 Å². The normalized spacial score (nSPS) is 20.7. The number of thiocarbonyl (C=S) groups is 1. The number of likely N-dealkylation sites (N-methyl/N-ethyl adjacent to an activating group) is 1. The lowest BCUT2D eigenvalue weighted by molar-refractivity contribution is -0.122. The van der Waals surface area contributed by atoms with Crippen molar-refractivity contribution < 1.29 is 22.6 Å². The molecule has 3 rings (SSSR count). The topological polar surface area (TPSA) is 97.8 Å². The van der Waals surface area contributed by atoms with Crippen LogP contribution in [0.15, 0.2) is 27.6 Å². The molecule has 0 saturated carbocycles. The number of rotatable bonds is 3. The molecule has 0 N–H and O–H groups in total. The minimum atomic E-state index is -4.48. The van der Waals surface area contributed by atoms with E-state index >= 15 is 0 Å². The van der Waals surface area contributed by atoms with E-state index in [0.717, 1.165) is 21.1 Å². The monoisotopic (exact) mass is 461 g/mol. The molecule has 132 valence electrons. The van der Waals surface area contributed by atoms with Crippen LogP contribution in [0.5, 0.6) is 0 Å². The van der Waals surface area contributed by atoms with Gasteiger partial charge in [-0.05, 0) is 18.2 Å². The van der Waals surface area contributed by atoms with Gasteiger partial charge in [0.05, 0.1) is 32.0 Å². The summed E-state index contributed by atoms with van der Waals surface area (Å²) in [4.78, 5) is 27.9. The molecule has 0 atom stereocenters. The third kappa shape index (κ3) is 3.38. The summed E-state index contributed by atoms with van der Waals surface area (Å²) in [6.07, 6.45) is 0. The van der Waals surface area contributed by atoms with E-state index in [9.17, 15) is 22.6 Å². The molecule has 7 nitrogen and oxygen atoms in total. The molecule has 0 unspecified atom stereocenters. The van der Waals surface area contributed by atoms with Crippen molar-refractivity contribution in [3.8, 4) is 0 Å². The first-order chi connectivity index (χ1) is 11.6. The average molecular weight is 462 g/mol. The van der Waals surface area contributed by atoms with Gasteiger partial charge in [0.1, 0.15) is 4.32 Å². The molecular formula is C14H10BrN2O5S3-. The molecule has 11 heteroatoms. The van der Waals surface area contributed by atoms with Crippen molar-refractivity contribution in [2.24, 2.45) is 0 Å². The van der Waals surface area contributed by atoms with Crippen molar-refractivity contribution in [3.63, 3.8) is 0 Å². The molecule has 0 aromatic heterocycles. The maximum absolute atomic E-state index is 12.6. The molecule has 0 radical (unpaired) electrons. The summed E-state index contributed by atoms with van der Waals surface area (Å²) >= 11 is 9.39. The zero-order valence-electron chi connectivity index (χ0n) is 12.7. The molecule has 0 spiro atoms. The van der Waals surface area contributed by atoms with E-state index in [4.69, 9.17) is 12.2 Å². The van der Waals surface area contributed by atoms with Crippen LogP contribution in [0.3, 0.4) is 0 Å². The summed E-state index contributed by atoms with van der Waals surface area (Å²) in [5.74, 6) is -1.65. The number of benzene rings is 1. The van der Waals surface area contributed by atoms with E-state index in [-0.39, 0.29) is 27.3 Å². The Hall–Kier alpha value is -1.27. The number of carbonyl (C=O) groups excluding carboxylic acids is 2. The number of carbonyl (C=O) groups is 2. The summed E-state index contributed by atoms with van der Waals surface area (Å²) in [6.45, 7) is -0.331. The largest absolute Gasteiger partial charge is 0.748 e. The van der Waals surface area contributed by atoms with Crippen molar-refractivity contribution >= 4 is 77.4 Å². The maximum atomic E-state index is 12.6. The van der Waals surface area contributed by atoms with Crippen LogP contribution in [-0.4, -0.2) is 53.4 Å². The van der Waals surface area contributed by atoms with Crippen LogP contribution in [-0.2, 0) is 19.7 Å². The lowest BCUT2D eigenvalue weighted by Crippen LogP contribution is -2.33. The van der Waals surface area contributed by atoms with Crippen LogP contribution < -0.4 is 4.90 Å². The van der Waals surface area contributed by atoms with E-state index in [1.807, 2.05) is 0 Å². The number of fused-ring (bicyclic) bond motifs is 1. The molecule has 2 heterocycles. The van der Waals surface area contributed by atoms with Gasteiger partial charge in [0.25, 0.3) is 11.8 Å². The molecular weight excluding hydrogens is 452 g/mol. The first-order valence-electron chi connectivity index (χ1n) is 6.89. The van der Waals surface area contributed by atoms with Crippen LogP contribution >= 0.6 is 39.9 Å². The number of anilines is 1. The summed E-state index contributed by atoms with van der Waals surface area (Å²) in [5, 5.41) is 0. The fraction of sp³-hybridized carbons (Fsp3) is 0.214. The second-order valence-electron chi connectivity index (χ2n) is 5.32. The predicted octanol–water partition coefficient (Wildman–Crippen LogP) is 1.54. The third-order valence-corrected chi connectivity index (χ3v) is 6.37. The minimum absolute atomic E-state index is 0.120.